The fourth-order valence-electron chi connectivity index (χ4n) is 1.98. The lowest BCUT2D eigenvalue weighted by molar-refractivity contribution is 0.0955. The van der Waals surface area contributed by atoms with Gasteiger partial charge in [0, 0.05) is 18.2 Å². The quantitative estimate of drug-likeness (QED) is 0.531. The summed E-state index contributed by atoms with van der Waals surface area (Å²) in [6.07, 6.45) is 1.32. The highest BCUT2D eigenvalue weighted by molar-refractivity contribution is 6.32. The number of nitrogens with one attached hydrogen (secondary N) is 1. The molecule has 2 aromatic rings. The predicted molar refractivity (Wildman–Crippen MR) is 87.6 cm³/mol. The smallest absolute Gasteiger partial charge is 0.271 e. The van der Waals surface area contributed by atoms with Gasteiger partial charge in [-0.2, -0.15) is 10.4 Å². The molecule has 6 nitrogen and oxygen atoms in total. The fraction of sp³-hybridized carbons (Fsp3) is 0.125. The number of benzene rings is 1. The number of carbonyl (C=O) groups is 1. The van der Waals surface area contributed by atoms with E-state index in [0.29, 0.717) is 16.7 Å². The molecule has 0 aliphatic rings. The maximum atomic E-state index is 11.9. The van der Waals surface area contributed by atoms with Gasteiger partial charge in [0.25, 0.3) is 11.5 Å². The molecule has 1 amide bonds. The Balaban J connectivity index is 2.31. The normalized spacial score (nSPS) is 10.5. The van der Waals surface area contributed by atoms with E-state index in [1.807, 2.05) is 6.07 Å². The van der Waals surface area contributed by atoms with Crippen LogP contribution in [0.15, 0.2) is 40.2 Å². The maximum Gasteiger partial charge on any atom is 0.271 e. The number of halogens is 1. The van der Waals surface area contributed by atoms with Crippen LogP contribution in [0.25, 0.3) is 0 Å². The Morgan fingerprint density at radius 1 is 1.39 bits per heavy atom. The first-order valence-electron chi connectivity index (χ1n) is 6.65. The minimum atomic E-state index is -0.472. The second kappa shape index (κ2) is 6.90. The van der Waals surface area contributed by atoms with Gasteiger partial charge in [0.15, 0.2) is 0 Å². The van der Waals surface area contributed by atoms with Crippen molar-refractivity contribution in [3.05, 3.63) is 68.1 Å². The number of amides is 1. The van der Waals surface area contributed by atoms with Gasteiger partial charge in [-0.05, 0) is 24.6 Å². The average molecular weight is 329 g/mol. The molecule has 0 spiro atoms. The van der Waals surface area contributed by atoms with Crippen molar-refractivity contribution in [1.82, 2.24) is 9.99 Å². The molecular formula is C16H13ClN4O2. The molecule has 0 atom stereocenters. The summed E-state index contributed by atoms with van der Waals surface area (Å²) in [5, 5.41) is 13.1. The number of hydrazone groups is 1. The molecule has 0 unspecified atom stereocenters. The zero-order valence-corrected chi connectivity index (χ0v) is 13.3. The molecule has 0 radical (unpaired) electrons. The predicted octanol–water partition coefficient (Wildman–Crippen LogP) is 1.98. The van der Waals surface area contributed by atoms with Crippen LogP contribution in [0.2, 0.25) is 5.15 Å². The number of nitriles is 1. The molecule has 0 aliphatic heterocycles. The minimum Gasteiger partial charge on any atom is -0.301 e. The van der Waals surface area contributed by atoms with Crippen molar-refractivity contribution < 1.29 is 4.79 Å². The van der Waals surface area contributed by atoms with Gasteiger partial charge in [0.05, 0.1) is 6.21 Å². The highest BCUT2D eigenvalue weighted by Crippen LogP contribution is 2.17. The molecule has 0 bridgehead atoms. The SMILES string of the molecule is Cc1c(/C=N\NC(=O)c2ccccc2)c(Cl)n(C)c(=O)c1C#N. The first-order chi connectivity index (χ1) is 11.0. The van der Waals surface area contributed by atoms with Crippen molar-refractivity contribution in [1.29, 1.82) is 5.26 Å². The molecule has 1 aromatic heterocycles. The maximum absolute atomic E-state index is 11.9. The minimum absolute atomic E-state index is 0.00673. The lowest BCUT2D eigenvalue weighted by Gasteiger charge is -2.09. The Labute approximate surface area is 137 Å². The second-order valence-corrected chi connectivity index (χ2v) is 5.10. The van der Waals surface area contributed by atoms with Crippen LogP contribution in [0.5, 0.6) is 0 Å². The fourth-order valence-corrected chi connectivity index (χ4v) is 2.25. The van der Waals surface area contributed by atoms with Crippen molar-refractivity contribution in [2.45, 2.75) is 6.92 Å². The van der Waals surface area contributed by atoms with E-state index < -0.39 is 5.56 Å². The molecule has 0 fully saturated rings. The highest BCUT2D eigenvalue weighted by atomic mass is 35.5. The molecule has 1 N–H and O–H groups in total. The van der Waals surface area contributed by atoms with Crippen LogP contribution in [0.3, 0.4) is 0 Å². The Morgan fingerprint density at radius 2 is 2.04 bits per heavy atom. The Hall–Kier alpha value is -2.91. The summed E-state index contributed by atoms with van der Waals surface area (Å²) >= 11 is 6.11. The number of pyridine rings is 1. The number of hydrogen-bond acceptors (Lipinski definition) is 4. The monoisotopic (exact) mass is 328 g/mol. The topological polar surface area (TPSA) is 87.2 Å². The molecule has 116 valence electrons. The molecule has 1 heterocycles. The van der Waals surface area contributed by atoms with Crippen LogP contribution < -0.4 is 11.0 Å². The lowest BCUT2D eigenvalue weighted by Crippen LogP contribution is -2.24. The molecule has 0 aliphatic carbocycles. The lowest BCUT2D eigenvalue weighted by atomic mass is 10.1. The van der Waals surface area contributed by atoms with Gasteiger partial charge < -0.3 is 4.57 Å². The van der Waals surface area contributed by atoms with Crippen LogP contribution in [-0.4, -0.2) is 16.7 Å². The van der Waals surface area contributed by atoms with Crippen molar-refractivity contribution in [2.24, 2.45) is 12.1 Å². The Bertz CT molecular complexity index is 880. The standard InChI is InChI=1S/C16H13ClN4O2/c1-10-12(8-18)16(23)21(2)14(17)13(10)9-19-20-15(22)11-6-4-3-5-7-11/h3-7,9H,1-2H3,(H,20,22)/b19-9-. The van der Waals surface area contributed by atoms with Crippen molar-refractivity contribution in [2.75, 3.05) is 0 Å². The first-order valence-corrected chi connectivity index (χ1v) is 7.02. The summed E-state index contributed by atoms with van der Waals surface area (Å²) in [5.41, 5.74) is 3.18. The molecule has 0 saturated heterocycles. The molecule has 7 heteroatoms. The number of aromatic nitrogens is 1. The third kappa shape index (κ3) is 3.30. The average Bonchev–Trinajstić information content (AvgIpc) is 2.57. The van der Waals surface area contributed by atoms with E-state index in [2.05, 4.69) is 10.5 Å². The van der Waals surface area contributed by atoms with Crippen LogP contribution in [0.4, 0.5) is 0 Å². The molecule has 23 heavy (non-hydrogen) atoms. The number of hydrogen-bond donors (Lipinski definition) is 1. The largest absolute Gasteiger partial charge is 0.301 e. The van der Waals surface area contributed by atoms with E-state index in [1.165, 1.54) is 13.3 Å². The van der Waals surface area contributed by atoms with E-state index in [0.717, 1.165) is 4.57 Å². The summed E-state index contributed by atoms with van der Waals surface area (Å²) < 4.78 is 1.16. The number of rotatable bonds is 3. The second-order valence-electron chi connectivity index (χ2n) is 4.75. The summed E-state index contributed by atoms with van der Waals surface area (Å²) in [7, 11) is 1.46. The summed E-state index contributed by atoms with van der Waals surface area (Å²) in [6.45, 7) is 1.60. The Morgan fingerprint density at radius 3 is 2.65 bits per heavy atom. The molecular weight excluding hydrogens is 316 g/mol. The number of carbonyl (C=O) groups excluding carboxylic acids is 1. The third-order valence-corrected chi connectivity index (χ3v) is 3.78. The van der Waals surface area contributed by atoms with E-state index in [1.54, 1.807) is 37.3 Å². The first kappa shape index (κ1) is 16.5. The summed E-state index contributed by atoms with van der Waals surface area (Å²) in [6, 6.07) is 10.5. The van der Waals surface area contributed by atoms with E-state index in [9.17, 15) is 9.59 Å². The van der Waals surface area contributed by atoms with Crippen molar-refractivity contribution in [3.63, 3.8) is 0 Å². The van der Waals surface area contributed by atoms with E-state index in [-0.39, 0.29) is 16.6 Å². The van der Waals surface area contributed by atoms with Gasteiger partial charge in [-0.15, -0.1) is 0 Å². The summed E-state index contributed by atoms with van der Waals surface area (Å²) in [5.74, 6) is -0.374. The zero-order valence-electron chi connectivity index (χ0n) is 12.5. The van der Waals surface area contributed by atoms with Gasteiger partial charge in [-0.25, -0.2) is 5.43 Å². The van der Waals surface area contributed by atoms with Gasteiger partial charge in [-0.3, -0.25) is 9.59 Å². The van der Waals surface area contributed by atoms with Crippen LogP contribution in [0.1, 0.15) is 27.0 Å². The highest BCUT2D eigenvalue weighted by Gasteiger charge is 2.15. The zero-order chi connectivity index (χ0) is 17.0. The van der Waals surface area contributed by atoms with Crippen LogP contribution in [0, 0.1) is 18.3 Å². The Kier molecular flexibility index (Phi) is 4.94. The van der Waals surface area contributed by atoms with Gasteiger partial charge in [0.2, 0.25) is 0 Å². The van der Waals surface area contributed by atoms with Gasteiger partial charge in [-0.1, -0.05) is 29.8 Å². The third-order valence-electron chi connectivity index (χ3n) is 3.32. The molecule has 1 aromatic carbocycles. The van der Waals surface area contributed by atoms with E-state index in [4.69, 9.17) is 16.9 Å². The van der Waals surface area contributed by atoms with Crippen LogP contribution in [-0.2, 0) is 7.05 Å². The molecule has 0 saturated carbocycles. The van der Waals surface area contributed by atoms with Gasteiger partial charge in [0.1, 0.15) is 16.8 Å². The van der Waals surface area contributed by atoms with E-state index >= 15 is 0 Å². The number of nitrogens with zero attached hydrogens (tertiary/aromatic N) is 3. The molecule has 2 rings (SSSR count). The summed E-state index contributed by atoms with van der Waals surface area (Å²) in [4.78, 5) is 23.8. The van der Waals surface area contributed by atoms with Crippen molar-refractivity contribution in [3.8, 4) is 6.07 Å². The van der Waals surface area contributed by atoms with Crippen LogP contribution >= 0.6 is 11.6 Å². The van der Waals surface area contributed by atoms with Crippen molar-refractivity contribution >= 4 is 23.7 Å². The van der Waals surface area contributed by atoms with Gasteiger partial charge >= 0.3 is 0 Å².